The van der Waals surface area contributed by atoms with Gasteiger partial charge in [-0.3, -0.25) is 4.98 Å². The molecule has 1 N–H and O–H groups in total. The molecule has 2 aliphatic rings. The maximum Gasteiger partial charge on any atom is 0.309 e. The van der Waals surface area contributed by atoms with Crippen LogP contribution in [0.1, 0.15) is 115 Å². The van der Waals surface area contributed by atoms with Gasteiger partial charge >= 0.3 is 7.48 Å². The standard InChI is InChI=1S/C32H43BN4O2/c1-31(2,38)32(3,4)39-33-26-18-15-22(16-19-26)27-20-17-25(21-34-27)30-36-28(23-11-7-5-8-12-23)35-29(37-30)24-13-9-6-10-14-24/h15-21,23-24,33,38H,5-14H2,1-4H3. The van der Waals surface area contributed by atoms with Gasteiger partial charge in [-0.05, 0) is 65.5 Å². The number of aliphatic hydroxyl groups is 1. The van der Waals surface area contributed by atoms with E-state index in [4.69, 9.17) is 24.6 Å². The van der Waals surface area contributed by atoms with Crippen molar-refractivity contribution in [3.05, 3.63) is 54.2 Å². The predicted octanol–water partition coefficient (Wildman–Crippen LogP) is 6.24. The summed E-state index contributed by atoms with van der Waals surface area (Å²) in [5.74, 6) is 3.66. The van der Waals surface area contributed by atoms with Crippen molar-refractivity contribution in [2.75, 3.05) is 0 Å². The fraction of sp³-hybridized carbons (Fsp3) is 0.562. The number of pyridine rings is 1. The Morgan fingerprint density at radius 3 is 1.74 bits per heavy atom. The van der Waals surface area contributed by atoms with Gasteiger partial charge in [0.25, 0.3) is 0 Å². The summed E-state index contributed by atoms with van der Waals surface area (Å²) in [6.45, 7) is 7.37. The first-order chi connectivity index (χ1) is 18.7. The van der Waals surface area contributed by atoms with Gasteiger partial charge in [0.05, 0.1) is 16.9 Å². The fourth-order valence-electron chi connectivity index (χ4n) is 5.53. The van der Waals surface area contributed by atoms with E-state index in [1.54, 1.807) is 13.8 Å². The minimum absolute atomic E-state index is 0.440. The predicted molar refractivity (Wildman–Crippen MR) is 158 cm³/mol. The molecule has 2 saturated carbocycles. The van der Waals surface area contributed by atoms with Crippen molar-refractivity contribution in [3.8, 4) is 22.6 Å². The molecule has 0 aliphatic heterocycles. The number of benzene rings is 1. The molecule has 2 aliphatic carbocycles. The first-order valence-electron chi connectivity index (χ1n) is 14.9. The first-order valence-corrected chi connectivity index (χ1v) is 14.9. The van der Waals surface area contributed by atoms with E-state index in [1.807, 2.05) is 20.0 Å². The zero-order valence-corrected chi connectivity index (χ0v) is 24.1. The Morgan fingerprint density at radius 2 is 1.26 bits per heavy atom. The molecule has 0 amide bonds. The van der Waals surface area contributed by atoms with Crippen LogP contribution in [0.5, 0.6) is 0 Å². The topological polar surface area (TPSA) is 81.0 Å². The number of rotatable bonds is 8. The number of hydrogen-bond donors (Lipinski definition) is 1. The van der Waals surface area contributed by atoms with E-state index in [0.717, 1.165) is 39.8 Å². The molecule has 0 bridgehead atoms. The van der Waals surface area contributed by atoms with Gasteiger partial charge in [0.2, 0.25) is 0 Å². The van der Waals surface area contributed by atoms with Crippen molar-refractivity contribution in [1.82, 2.24) is 19.9 Å². The second-order valence-electron chi connectivity index (χ2n) is 12.5. The Kier molecular flexibility index (Phi) is 8.48. The molecule has 206 valence electrons. The first kappa shape index (κ1) is 27.9. The largest absolute Gasteiger partial charge is 0.427 e. The van der Waals surface area contributed by atoms with Gasteiger partial charge < -0.3 is 9.76 Å². The molecule has 0 radical (unpaired) electrons. The van der Waals surface area contributed by atoms with Crippen molar-refractivity contribution in [2.24, 2.45) is 0 Å². The molecule has 2 fully saturated rings. The minimum atomic E-state index is -0.925. The van der Waals surface area contributed by atoms with Gasteiger partial charge in [-0.1, -0.05) is 68.3 Å². The van der Waals surface area contributed by atoms with E-state index < -0.39 is 11.2 Å². The molecular formula is C32H43BN4O2. The van der Waals surface area contributed by atoms with Crippen LogP contribution in [-0.2, 0) is 4.65 Å². The summed E-state index contributed by atoms with van der Waals surface area (Å²) in [5.41, 5.74) is 2.40. The Balaban J connectivity index is 1.34. The Morgan fingerprint density at radius 1 is 0.718 bits per heavy atom. The maximum atomic E-state index is 10.3. The van der Waals surface area contributed by atoms with Crippen LogP contribution in [-0.4, -0.2) is 43.7 Å². The van der Waals surface area contributed by atoms with Crippen molar-refractivity contribution in [1.29, 1.82) is 0 Å². The summed E-state index contributed by atoms with van der Waals surface area (Å²) in [5, 5.41) is 10.3. The lowest BCUT2D eigenvalue weighted by atomic mass is 9.82. The monoisotopic (exact) mass is 526 g/mol. The molecule has 0 unspecified atom stereocenters. The van der Waals surface area contributed by atoms with Crippen LogP contribution in [0.15, 0.2) is 42.6 Å². The van der Waals surface area contributed by atoms with Crippen LogP contribution in [0.3, 0.4) is 0 Å². The minimum Gasteiger partial charge on any atom is -0.427 e. The molecule has 0 atom stereocenters. The lowest BCUT2D eigenvalue weighted by Crippen LogP contribution is -2.49. The Labute approximate surface area is 234 Å². The number of hydrogen-bond acceptors (Lipinski definition) is 6. The van der Waals surface area contributed by atoms with Crippen molar-refractivity contribution in [2.45, 2.75) is 115 Å². The second kappa shape index (κ2) is 11.9. The quantitative estimate of drug-likeness (QED) is 0.350. The normalized spacial score (nSPS) is 17.8. The summed E-state index contributed by atoms with van der Waals surface area (Å²) < 4.78 is 6.01. The average Bonchev–Trinajstić information content (AvgIpc) is 2.97. The fourth-order valence-corrected chi connectivity index (χ4v) is 5.53. The van der Waals surface area contributed by atoms with Crippen LogP contribution in [0.25, 0.3) is 22.6 Å². The van der Waals surface area contributed by atoms with Gasteiger partial charge in [0.1, 0.15) is 11.6 Å². The van der Waals surface area contributed by atoms with E-state index >= 15 is 0 Å². The zero-order chi connectivity index (χ0) is 27.5. The molecular weight excluding hydrogens is 483 g/mol. The van der Waals surface area contributed by atoms with E-state index in [9.17, 15) is 5.11 Å². The third-order valence-corrected chi connectivity index (χ3v) is 8.96. The maximum absolute atomic E-state index is 10.3. The highest BCUT2D eigenvalue weighted by atomic mass is 16.5. The molecule has 3 aromatic rings. The highest BCUT2D eigenvalue weighted by Crippen LogP contribution is 2.35. The third kappa shape index (κ3) is 6.75. The molecule has 5 rings (SSSR count). The van der Waals surface area contributed by atoms with Gasteiger partial charge in [-0.25, -0.2) is 15.0 Å². The lowest BCUT2D eigenvalue weighted by molar-refractivity contribution is -0.0893. The highest BCUT2D eigenvalue weighted by Gasteiger charge is 2.35. The van der Waals surface area contributed by atoms with Crippen LogP contribution in [0, 0.1) is 0 Å². The van der Waals surface area contributed by atoms with Crippen LogP contribution in [0.4, 0.5) is 0 Å². The van der Waals surface area contributed by atoms with E-state index in [2.05, 4.69) is 36.4 Å². The van der Waals surface area contributed by atoms with Gasteiger partial charge in [0, 0.05) is 29.2 Å². The van der Waals surface area contributed by atoms with Crippen molar-refractivity contribution < 1.29 is 9.76 Å². The molecule has 39 heavy (non-hydrogen) atoms. The Hall–Kier alpha value is -2.64. The van der Waals surface area contributed by atoms with Crippen LogP contribution in [0.2, 0.25) is 0 Å². The van der Waals surface area contributed by atoms with Crippen LogP contribution < -0.4 is 5.46 Å². The zero-order valence-electron chi connectivity index (χ0n) is 24.1. The summed E-state index contributed by atoms with van der Waals surface area (Å²) in [6, 6.07) is 12.4. The lowest BCUT2D eigenvalue weighted by Gasteiger charge is -2.37. The highest BCUT2D eigenvalue weighted by molar-refractivity contribution is 6.47. The third-order valence-electron chi connectivity index (χ3n) is 8.96. The van der Waals surface area contributed by atoms with Gasteiger partial charge in [0.15, 0.2) is 5.82 Å². The van der Waals surface area contributed by atoms with E-state index in [0.29, 0.717) is 19.3 Å². The summed E-state index contributed by atoms with van der Waals surface area (Å²) in [7, 11) is 0.440. The summed E-state index contributed by atoms with van der Waals surface area (Å²) in [4.78, 5) is 19.8. The molecule has 0 spiro atoms. The second-order valence-corrected chi connectivity index (χ2v) is 12.5. The SMILES string of the molecule is CC(C)(O)C(C)(C)OBc1ccc(-c2ccc(-c3nc(C4CCCCC4)nc(C4CCCCC4)n3)cn2)cc1. The Bertz CT molecular complexity index is 1190. The van der Waals surface area contributed by atoms with Gasteiger partial charge in [-0.15, -0.1) is 0 Å². The van der Waals surface area contributed by atoms with Gasteiger partial charge in [-0.2, -0.15) is 0 Å². The average molecular weight is 527 g/mol. The van der Waals surface area contributed by atoms with Crippen molar-refractivity contribution in [3.63, 3.8) is 0 Å². The number of nitrogens with zero attached hydrogens (tertiary/aromatic N) is 4. The number of aromatic nitrogens is 4. The molecule has 2 aromatic heterocycles. The molecule has 6 nitrogen and oxygen atoms in total. The van der Waals surface area contributed by atoms with E-state index in [1.165, 1.54) is 64.2 Å². The van der Waals surface area contributed by atoms with Crippen molar-refractivity contribution >= 4 is 12.9 Å². The summed E-state index contributed by atoms with van der Waals surface area (Å²) in [6.07, 6.45) is 14.3. The van der Waals surface area contributed by atoms with Crippen LogP contribution >= 0.6 is 0 Å². The molecule has 0 saturated heterocycles. The van der Waals surface area contributed by atoms with E-state index in [-0.39, 0.29) is 0 Å². The molecule has 1 aromatic carbocycles. The molecule has 2 heterocycles. The summed E-state index contributed by atoms with van der Waals surface area (Å²) >= 11 is 0. The smallest absolute Gasteiger partial charge is 0.309 e. The molecule has 7 heteroatoms.